The van der Waals surface area contributed by atoms with Crippen LogP contribution in [0, 0.1) is 0 Å². The second kappa shape index (κ2) is 8.92. The van der Waals surface area contributed by atoms with Crippen LogP contribution in [-0.2, 0) is 14.8 Å². The largest absolute Gasteiger partial charge is 0.354 e. The summed E-state index contributed by atoms with van der Waals surface area (Å²) in [6.07, 6.45) is 8.65. The molecule has 2 rings (SSSR count). The van der Waals surface area contributed by atoms with Crippen LogP contribution in [0.3, 0.4) is 0 Å². The first kappa shape index (κ1) is 20.1. The van der Waals surface area contributed by atoms with Gasteiger partial charge in [-0.15, -0.1) is 0 Å². The Morgan fingerprint density at radius 3 is 2.64 bits per heavy atom. The van der Waals surface area contributed by atoms with Gasteiger partial charge in [0, 0.05) is 11.6 Å². The second-order valence-electron chi connectivity index (χ2n) is 6.07. The summed E-state index contributed by atoms with van der Waals surface area (Å²) in [5.74, 6) is -0.368. The van der Waals surface area contributed by atoms with E-state index in [4.69, 9.17) is 23.2 Å². The van der Waals surface area contributed by atoms with Crippen molar-refractivity contribution in [3.05, 3.63) is 39.9 Å². The van der Waals surface area contributed by atoms with Gasteiger partial charge in [-0.1, -0.05) is 34.9 Å². The molecular weight excluding hydrogens is 383 g/mol. The number of anilines is 1. The van der Waals surface area contributed by atoms with E-state index in [1.807, 2.05) is 0 Å². The average Bonchev–Trinajstić information content (AvgIpc) is 2.53. The summed E-state index contributed by atoms with van der Waals surface area (Å²) in [6.45, 7) is 0.176. The van der Waals surface area contributed by atoms with Gasteiger partial charge < -0.3 is 5.32 Å². The smallest absolute Gasteiger partial charge is 0.240 e. The first-order chi connectivity index (χ1) is 11.8. The van der Waals surface area contributed by atoms with E-state index in [1.54, 1.807) is 0 Å². The number of amides is 1. The van der Waals surface area contributed by atoms with E-state index >= 15 is 0 Å². The van der Waals surface area contributed by atoms with E-state index in [0.717, 1.165) is 29.8 Å². The SMILES string of the molecule is CS(=O)(=O)N(CC(=O)NCCC1=CCCCC1)c1ccc(Cl)cc1Cl. The Morgan fingerprint density at radius 2 is 2.04 bits per heavy atom. The summed E-state index contributed by atoms with van der Waals surface area (Å²) in [5.41, 5.74) is 1.59. The number of benzene rings is 1. The fourth-order valence-corrected chi connectivity index (χ4v) is 4.17. The molecule has 1 N–H and O–H groups in total. The second-order valence-corrected chi connectivity index (χ2v) is 8.82. The lowest BCUT2D eigenvalue weighted by atomic mass is 9.97. The highest BCUT2D eigenvalue weighted by atomic mass is 35.5. The lowest BCUT2D eigenvalue weighted by Crippen LogP contribution is -2.40. The lowest BCUT2D eigenvalue weighted by molar-refractivity contribution is -0.119. The van der Waals surface area contributed by atoms with Gasteiger partial charge in [0.2, 0.25) is 15.9 Å². The highest BCUT2D eigenvalue weighted by Crippen LogP contribution is 2.30. The van der Waals surface area contributed by atoms with Crippen molar-refractivity contribution in [3.63, 3.8) is 0 Å². The van der Waals surface area contributed by atoms with Crippen molar-refractivity contribution >= 4 is 44.8 Å². The van der Waals surface area contributed by atoms with Gasteiger partial charge in [0.1, 0.15) is 6.54 Å². The Bertz CT molecular complexity index is 763. The predicted molar refractivity (Wildman–Crippen MR) is 103 cm³/mol. The number of rotatable bonds is 7. The first-order valence-corrected chi connectivity index (χ1v) is 10.7. The standard InChI is InChI=1S/C17H22Cl2N2O3S/c1-25(23,24)21(16-8-7-14(18)11-15(16)19)12-17(22)20-10-9-13-5-3-2-4-6-13/h5,7-8,11H,2-4,6,9-10,12H2,1H3,(H,20,22). The van der Waals surface area contributed by atoms with Crippen LogP contribution < -0.4 is 9.62 Å². The number of carbonyl (C=O) groups excluding carboxylic acids is 1. The van der Waals surface area contributed by atoms with Gasteiger partial charge in [-0.25, -0.2) is 8.42 Å². The minimum atomic E-state index is -3.66. The molecule has 0 fully saturated rings. The molecule has 0 spiro atoms. The van der Waals surface area contributed by atoms with Gasteiger partial charge in [0.05, 0.1) is 17.0 Å². The Labute approximate surface area is 159 Å². The molecule has 1 aromatic carbocycles. The van der Waals surface area contributed by atoms with Crippen molar-refractivity contribution in [1.82, 2.24) is 5.32 Å². The molecule has 5 nitrogen and oxygen atoms in total. The number of nitrogens with zero attached hydrogens (tertiary/aromatic N) is 1. The van der Waals surface area contributed by atoms with Crippen LogP contribution in [0.4, 0.5) is 5.69 Å². The minimum Gasteiger partial charge on any atom is -0.354 e. The Kier molecular flexibility index (Phi) is 7.16. The molecule has 1 amide bonds. The summed E-state index contributed by atoms with van der Waals surface area (Å²) < 4.78 is 25.1. The third-order valence-electron chi connectivity index (χ3n) is 4.02. The van der Waals surface area contributed by atoms with Crippen molar-refractivity contribution in [2.45, 2.75) is 32.1 Å². The first-order valence-electron chi connectivity index (χ1n) is 8.15. The number of halogens is 2. The summed E-state index contributed by atoms with van der Waals surface area (Å²) in [6, 6.07) is 4.48. The van der Waals surface area contributed by atoms with Gasteiger partial charge >= 0.3 is 0 Å². The number of hydrogen-bond donors (Lipinski definition) is 1. The van der Waals surface area contributed by atoms with Gasteiger partial charge in [-0.2, -0.15) is 0 Å². The number of carbonyl (C=O) groups is 1. The quantitative estimate of drug-likeness (QED) is 0.703. The van der Waals surface area contributed by atoms with Crippen molar-refractivity contribution in [1.29, 1.82) is 0 Å². The van der Waals surface area contributed by atoms with E-state index in [0.29, 0.717) is 11.6 Å². The van der Waals surface area contributed by atoms with Crippen molar-refractivity contribution < 1.29 is 13.2 Å². The maximum absolute atomic E-state index is 12.2. The van der Waals surface area contributed by atoms with E-state index in [2.05, 4.69) is 11.4 Å². The van der Waals surface area contributed by atoms with Crippen molar-refractivity contribution in [3.8, 4) is 0 Å². The van der Waals surface area contributed by atoms with Crippen LogP contribution >= 0.6 is 23.2 Å². The fraction of sp³-hybridized carbons (Fsp3) is 0.471. The van der Waals surface area contributed by atoms with Gasteiger partial charge in [-0.05, 0) is 50.3 Å². The molecular formula is C17H22Cl2N2O3S. The van der Waals surface area contributed by atoms with E-state index < -0.39 is 10.0 Å². The molecule has 1 aromatic rings. The maximum atomic E-state index is 12.2. The number of hydrogen-bond acceptors (Lipinski definition) is 3. The Hall–Kier alpha value is -1.24. The molecule has 0 bridgehead atoms. The Morgan fingerprint density at radius 1 is 1.28 bits per heavy atom. The monoisotopic (exact) mass is 404 g/mol. The van der Waals surface area contributed by atoms with Crippen molar-refractivity contribution in [2.75, 3.05) is 23.7 Å². The summed E-state index contributed by atoms with van der Waals surface area (Å²) in [5, 5.41) is 3.35. The zero-order valence-corrected chi connectivity index (χ0v) is 16.4. The third kappa shape index (κ3) is 6.20. The molecule has 1 aliphatic rings. The van der Waals surface area contributed by atoms with E-state index in [-0.39, 0.29) is 23.2 Å². The minimum absolute atomic E-state index is 0.179. The topological polar surface area (TPSA) is 66.5 Å². The van der Waals surface area contributed by atoms with Crippen LogP contribution in [0.15, 0.2) is 29.8 Å². The average molecular weight is 405 g/mol. The fourth-order valence-electron chi connectivity index (χ4n) is 2.75. The normalized spacial score (nSPS) is 14.8. The highest BCUT2D eigenvalue weighted by Gasteiger charge is 2.23. The van der Waals surface area contributed by atoms with Gasteiger partial charge in [0.25, 0.3) is 0 Å². The molecule has 138 valence electrons. The molecule has 25 heavy (non-hydrogen) atoms. The molecule has 0 saturated carbocycles. The molecule has 0 unspecified atom stereocenters. The van der Waals surface area contributed by atoms with Crippen LogP contribution in [-0.4, -0.2) is 33.7 Å². The maximum Gasteiger partial charge on any atom is 0.240 e. The molecule has 0 heterocycles. The van der Waals surface area contributed by atoms with Crippen LogP contribution in [0.25, 0.3) is 0 Å². The zero-order valence-electron chi connectivity index (χ0n) is 14.1. The summed E-state index contributed by atoms with van der Waals surface area (Å²) in [4.78, 5) is 12.2. The van der Waals surface area contributed by atoms with Crippen LogP contribution in [0.2, 0.25) is 10.0 Å². The lowest BCUT2D eigenvalue weighted by Gasteiger charge is -2.23. The third-order valence-corrected chi connectivity index (χ3v) is 5.68. The predicted octanol–water partition coefficient (Wildman–Crippen LogP) is 3.77. The molecule has 1 aliphatic carbocycles. The van der Waals surface area contributed by atoms with Crippen LogP contribution in [0.5, 0.6) is 0 Å². The van der Waals surface area contributed by atoms with E-state index in [9.17, 15) is 13.2 Å². The molecule has 0 radical (unpaired) electrons. The van der Waals surface area contributed by atoms with Gasteiger partial charge in [0.15, 0.2) is 0 Å². The van der Waals surface area contributed by atoms with Crippen LogP contribution in [0.1, 0.15) is 32.1 Å². The molecule has 0 aromatic heterocycles. The van der Waals surface area contributed by atoms with E-state index in [1.165, 1.54) is 36.6 Å². The zero-order chi connectivity index (χ0) is 18.4. The summed E-state index contributed by atoms with van der Waals surface area (Å²) in [7, 11) is -3.66. The summed E-state index contributed by atoms with van der Waals surface area (Å²) >= 11 is 11.9. The van der Waals surface area contributed by atoms with Crippen molar-refractivity contribution in [2.24, 2.45) is 0 Å². The highest BCUT2D eigenvalue weighted by molar-refractivity contribution is 7.92. The number of sulfonamides is 1. The molecule has 0 atom stereocenters. The molecule has 8 heteroatoms. The molecule has 0 saturated heterocycles. The Balaban J connectivity index is 1.99. The number of allylic oxidation sites excluding steroid dienone is 1. The number of nitrogens with one attached hydrogen (secondary N) is 1. The van der Waals surface area contributed by atoms with Gasteiger partial charge in [-0.3, -0.25) is 9.10 Å². The molecule has 0 aliphatic heterocycles.